The van der Waals surface area contributed by atoms with Crippen molar-refractivity contribution in [1.29, 1.82) is 0 Å². The Morgan fingerprint density at radius 1 is 1.58 bits per heavy atom. The van der Waals surface area contributed by atoms with Crippen molar-refractivity contribution in [3.8, 4) is 0 Å². The zero-order chi connectivity index (χ0) is 14.0. The van der Waals surface area contributed by atoms with Crippen LogP contribution in [-0.4, -0.2) is 26.6 Å². The lowest BCUT2D eigenvalue weighted by Crippen LogP contribution is -2.43. The number of halogens is 1. The Bertz CT molecular complexity index is 526. The molecule has 0 spiro atoms. The summed E-state index contributed by atoms with van der Waals surface area (Å²) in [5.41, 5.74) is 0.329. The molecule has 0 aromatic carbocycles. The van der Waals surface area contributed by atoms with Crippen molar-refractivity contribution < 1.29 is 14.3 Å². The van der Waals surface area contributed by atoms with Gasteiger partial charge in [0.1, 0.15) is 0 Å². The third-order valence-corrected chi connectivity index (χ3v) is 3.35. The number of aryl methyl sites for hydroxylation is 1. The summed E-state index contributed by atoms with van der Waals surface area (Å²) in [6, 6.07) is 1.79. The molecule has 1 amide bonds. The molecule has 0 saturated heterocycles. The fraction of sp³-hybridized carbons (Fsp3) is 0.429. The van der Waals surface area contributed by atoms with Gasteiger partial charge in [-0.2, -0.15) is 0 Å². The summed E-state index contributed by atoms with van der Waals surface area (Å²) in [5.74, 6) is -0.567. The molecule has 0 aliphatic carbocycles. The summed E-state index contributed by atoms with van der Waals surface area (Å²) in [7, 11) is 0. The topological polar surface area (TPSA) is 53.4 Å². The van der Waals surface area contributed by atoms with Gasteiger partial charge in [0.2, 0.25) is 0 Å². The van der Waals surface area contributed by atoms with Crippen LogP contribution in [0.5, 0.6) is 0 Å². The standard InChI is InChI=1S/C14H17FN2O2/c1-10-4-6-16-12(11(10)9-18)8-17-7-3-5-14(2,15)13(17)19/h3-4,6-7,18H,5,8-9H2,1-2H3. The Morgan fingerprint density at radius 2 is 2.32 bits per heavy atom. The van der Waals surface area contributed by atoms with E-state index in [1.54, 1.807) is 24.5 Å². The van der Waals surface area contributed by atoms with Gasteiger partial charge in [-0.05, 0) is 25.5 Å². The second kappa shape index (κ2) is 5.09. The zero-order valence-corrected chi connectivity index (χ0v) is 11.1. The van der Waals surface area contributed by atoms with E-state index in [4.69, 9.17) is 0 Å². The van der Waals surface area contributed by atoms with Crippen LogP contribution in [0.25, 0.3) is 0 Å². The molecule has 19 heavy (non-hydrogen) atoms. The van der Waals surface area contributed by atoms with E-state index in [2.05, 4.69) is 4.98 Å². The molecular formula is C14H17FN2O2. The third kappa shape index (κ3) is 2.66. The normalized spacial score (nSPS) is 22.9. The molecule has 102 valence electrons. The largest absolute Gasteiger partial charge is 0.392 e. The van der Waals surface area contributed by atoms with E-state index in [1.165, 1.54) is 11.8 Å². The predicted molar refractivity (Wildman–Crippen MR) is 68.7 cm³/mol. The highest BCUT2D eigenvalue weighted by atomic mass is 19.1. The first-order chi connectivity index (χ1) is 8.95. The number of carbonyl (C=O) groups excluding carboxylic acids is 1. The van der Waals surface area contributed by atoms with Gasteiger partial charge in [0.05, 0.1) is 18.8 Å². The van der Waals surface area contributed by atoms with Crippen molar-refractivity contribution in [2.24, 2.45) is 0 Å². The summed E-state index contributed by atoms with van der Waals surface area (Å²) in [6.07, 6.45) is 4.93. The van der Waals surface area contributed by atoms with E-state index in [9.17, 15) is 14.3 Å². The molecule has 1 N–H and O–H groups in total. The summed E-state index contributed by atoms with van der Waals surface area (Å²) < 4.78 is 14.0. The van der Waals surface area contributed by atoms with Crippen molar-refractivity contribution in [2.45, 2.75) is 39.1 Å². The number of carbonyl (C=O) groups is 1. The van der Waals surface area contributed by atoms with Crippen LogP contribution in [0.2, 0.25) is 0 Å². The lowest BCUT2D eigenvalue weighted by Gasteiger charge is -2.30. The molecular weight excluding hydrogens is 247 g/mol. The molecule has 0 saturated carbocycles. The maximum Gasteiger partial charge on any atom is 0.264 e. The number of aliphatic hydroxyl groups is 1. The predicted octanol–water partition coefficient (Wildman–Crippen LogP) is 1.86. The number of aromatic nitrogens is 1. The van der Waals surface area contributed by atoms with Gasteiger partial charge in [0, 0.05) is 24.4 Å². The molecule has 5 heteroatoms. The van der Waals surface area contributed by atoms with Crippen LogP contribution in [0, 0.1) is 6.92 Å². The van der Waals surface area contributed by atoms with Gasteiger partial charge in [-0.1, -0.05) is 6.08 Å². The Morgan fingerprint density at radius 3 is 3.00 bits per heavy atom. The van der Waals surface area contributed by atoms with Crippen LogP contribution in [0.4, 0.5) is 4.39 Å². The van der Waals surface area contributed by atoms with E-state index < -0.39 is 11.6 Å². The molecule has 1 atom stereocenters. The van der Waals surface area contributed by atoms with Gasteiger partial charge in [-0.3, -0.25) is 9.78 Å². The van der Waals surface area contributed by atoms with Crippen molar-refractivity contribution in [3.05, 3.63) is 41.4 Å². The number of hydrogen-bond acceptors (Lipinski definition) is 3. The third-order valence-electron chi connectivity index (χ3n) is 3.35. The molecule has 0 fully saturated rings. The minimum absolute atomic E-state index is 0.0937. The van der Waals surface area contributed by atoms with Crippen molar-refractivity contribution in [1.82, 2.24) is 9.88 Å². The van der Waals surface area contributed by atoms with Crippen molar-refractivity contribution in [2.75, 3.05) is 0 Å². The van der Waals surface area contributed by atoms with Crippen LogP contribution in [-0.2, 0) is 17.9 Å². The molecule has 0 bridgehead atoms. The number of pyridine rings is 1. The van der Waals surface area contributed by atoms with Gasteiger partial charge >= 0.3 is 0 Å². The van der Waals surface area contributed by atoms with E-state index in [-0.39, 0.29) is 19.6 Å². The molecule has 2 heterocycles. The highest BCUT2D eigenvalue weighted by Gasteiger charge is 2.37. The lowest BCUT2D eigenvalue weighted by molar-refractivity contribution is -0.141. The minimum Gasteiger partial charge on any atom is -0.392 e. The fourth-order valence-corrected chi connectivity index (χ4v) is 2.14. The molecule has 2 rings (SSSR count). The van der Waals surface area contributed by atoms with Crippen LogP contribution >= 0.6 is 0 Å². The monoisotopic (exact) mass is 264 g/mol. The maximum atomic E-state index is 14.0. The molecule has 1 aliphatic rings. The van der Waals surface area contributed by atoms with Crippen molar-refractivity contribution in [3.63, 3.8) is 0 Å². The average Bonchev–Trinajstić information content (AvgIpc) is 2.35. The molecule has 1 aromatic heterocycles. The van der Waals surface area contributed by atoms with Crippen LogP contribution in [0.1, 0.15) is 30.2 Å². The zero-order valence-electron chi connectivity index (χ0n) is 11.1. The van der Waals surface area contributed by atoms with Gasteiger partial charge < -0.3 is 10.0 Å². The number of rotatable bonds is 3. The van der Waals surface area contributed by atoms with Gasteiger partial charge in [0.25, 0.3) is 5.91 Å². The first-order valence-corrected chi connectivity index (χ1v) is 6.16. The van der Waals surface area contributed by atoms with Crippen LogP contribution < -0.4 is 0 Å². The molecule has 1 aromatic rings. The first kappa shape index (κ1) is 13.7. The van der Waals surface area contributed by atoms with E-state index in [0.717, 1.165) is 5.56 Å². The first-order valence-electron chi connectivity index (χ1n) is 6.16. The minimum atomic E-state index is -1.86. The summed E-state index contributed by atoms with van der Waals surface area (Å²) in [4.78, 5) is 17.4. The van der Waals surface area contributed by atoms with Crippen LogP contribution in [0.3, 0.4) is 0 Å². The second-order valence-electron chi connectivity index (χ2n) is 4.93. The number of aliphatic hydroxyl groups excluding tert-OH is 1. The van der Waals surface area contributed by atoms with E-state index in [0.29, 0.717) is 11.3 Å². The van der Waals surface area contributed by atoms with E-state index >= 15 is 0 Å². The quantitative estimate of drug-likeness (QED) is 0.906. The van der Waals surface area contributed by atoms with Gasteiger partial charge in [0.15, 0.2) is 5.67 Å². The lowest BCUT2D eigenvalue weighted by atomic mass is 9.99. The number of amides is 1. The van der Waals surface area contributed by atoms with Gasteiger partial charge in [-0.15, -0.1) is 0 Å². The fourth-order valence-electron chi connectivity index (χ4n) is 2.14. The van der Waals surface area contributed by atoms with Crippen molar-refractivity contribution >= 4 is 5.91 Å². The number of nitrogens with zero attached hydrogens (tertiary/aromatic N) is 2. The number of hydrogen-bond donors (Lipinski definition) is 1. The Labute approximate surface area is 111 Å². The Balaban J connectivity index is 2.27. The Kier molecular flexibility index (Phi) is 3.66. The summed E-state index contributed by atoms with van der Waals surface area (Å²) in [5, 5.41) is 9.36. The number of allylic oxidation sites excluding steroid dienone is 1. The molecule has 1 aliphatic heterocycles. The smallest absolute Gasteiger partial charge is 0.264 e. The highest BCUT2D eigenvalue weighted by molar-refractivity contribution is 5.86. The average molecular weight is 264 g/mol. The summed E-state index contributed by atoms with van der Waals surface area (Å²) >= 11 is 0. The summed E-state index contributed by atoms with van der Waals surface area (Å²) in [6.45, 7) is 3.17. The highest BCUT2D eigenvalue weighted by Crippen LogP contribution is 2.26. The van der Waals surface area contributed by atoms with Crippen LogP contribution in [0.15, 0.2) is 24.5 Å². The maximum absolute atomic E-state index is 14.0. The molecule has 1 unspecified atom stereocenters. The Hall–Kier alpha value is -1.75. The van der Waals surface area contributed by atoms with E-state index in [1.807, 2.05) is 6.92 Å². The number of alkyl halides is 1. The molecule has 0 radical (unpaired) electrons. The van der Waals surface area contributed by atoms with Gasteiger partial charge in [-0.25, -0.2) is 4.39 Å². The molecule has 4 nitrogen and oxygen atoms in total. The second-order valence-corrected chi connectivity index (χ2v) is 4.93. The SMILES string of the molecule is Cc1ccnc(CN2C=CCC(C)(F)C2=O)c1CO.